The monoisotopic (exact) mass is 363 g/mol. The number of esters is 1. The van der Waals surface area contributed by atoms with Crippen molar-refractivity contribution in [2.24, 2.45) is 5.92 Å². The first-order valence-corrected chi connectivity index (χ1v) is 9.66. The number of hydrogen-bond donors (Lipinski definition) is 0. The van der Waals surface area contributed by atoms with Crippen molar-refractivity contribution in [3.05, 3.63) is 35.4 Å². The molecule has 0 aliphatic heterocycles. The fraction of sp³-hybridized carbons (Fsp3) is 0.619. The van der Waals surface area contributed by atoms with Gasteiger partial charge in [-0.3, -0.25) is 0 Å². The molecule has 5 nitrogen and oxygen atoms in total. The second-order valence-electron chi connectivity index (χ2n) is 6.83. The van der Waals surface area contributed by atoms with Crippen molar-refractivity contribution < 1.29 is 19.1 Å². The van der Waals surface area contributed by atoms with Crippen molar-refractivity contribution in [3.8, 4) is 0 Å². The van der Waals surface area contributed by atoms with E-state index < -0.39 is 0 Å². The molecule has 0 saturated heterocycles. The van der Waals surface area contributed by atoms with Crippen molar-refractivity contribution in [3.63, 3.8) is 0 Å². The zero-order valence-corrected chi connectivity index (χ0v) is 16.6. The van der Waals surface area contributed by atoms with E-state index in [1.807, 2.05) is 32.0 Å². The number of amides is 1. The molecular weight excluding hydrogens is 330 g/mol. The third-order valence-electron chi connectivity index (χ3n) is 3.95. The fourth-order valence-electron chi connectivity index (χ4n) is 2.56. The number of nitrogens with zero attached hydrogens (tertiary/aromatic N) is 1. The molecule has 0 N–H and O–H groups in total. The zero-order valence-electron chi connectivity index (χ0n) is 16.6. The molecule has 0 aliphatic rings. The number of unbranched alkanes of at least 4 members (excludes halogenated alkanes) is 3. The van der Waals surface area contributed by atoms with Crippen LogP contribution in [0.25, 0.3) is 0 Å². The highest BCUT2D eigenvalue weighted by atomic mass is 16.6. The highest BCUT2D eigenvalue weighted by Gasteiger charge is 2.19. The lowest BCUT2D eigenvalue weighted by Crippen LogP contribution is -2.32. The van der Waals surface area contributed by atoms with Crippen LogP contribution in [0, 0.1) is 5.92 Å². The molecule has 1 rings (SSSR count). The molecule has 0 bridgehead atoms. The molecule has 0 aromatic heterocycles. The molecule has 0 atom stereocenters. The van der Waals surface area contributed by atoms with Gasteiger partial charge in [0.1, 0.15) is 0 Å². The molecule has 0 unspecified atom stereocenters. The van der Waals surface area contributed by atoms with Crippen LogP contribution in [0.1, 0.15) is 69.3 Å². The zero-order chi connectivity index (χ0) is 19.4. The normalized spacial score (nSPS) is 10.7. The summed E-state index contributed by atoms with van der Waals surface area (Å²) in [6.07, 6.45) is 3.95. The van der Waals surface area contributed by atoms with Gasteiger partial charge in [-0.05, 0) is 30.9 Å². The third kappa shape index (κ3) is 7.89. The summed E-state index contributed by atoms with van der Waals surface area (Å²) in [6, 6.07) is 7.29. The van der Waals surface area contributed by atoms with Crippen LogP contribution in [0.5, 0.6) is 0 Å². The van der Waals surface area contributed by atoms with Crippen LogP contribution in [0.15, 0.2) is 24.3 Å². The van der Waals surface area contributed by atoms with Crippen LogP contribution in [0.4, 0.5) is 4.79 Å². The van der Waals surface area contributed by atoms with E-state index in [9.17, 15) is 9.59 Å². The minimum Gasteiger partial charge on any atom is -0.462 e. The van der Waals surface area contributed by atoms with E-state index in [0.29, 0.717) is 31.9 Å². The summed E-state index contributed by atoms with van der Waals surface area (Å²) in [5, 5.41) is 0. The van der Waals surface area contributed by atoms with Crippen molar-refractivity contribution in [1.82, 2.24) is 4.90 Å². The lowest BCUT2D eigenvalue weighted by atomic mass is 10.1. The molecule has 1 aromatic carbocycles. The Kier molecular flexibility index (Phi) is 10.4. The standard InChI is InChI=1S/C21H33NO4/c1-5-7-8-11-14-22(21(24)25-6-2)15-18-12-9-10-13-19(18)20(23)26-16-17(3)4/h9-10,12-13,17H,5-8,11,14-16H2,1-4H3. The molecule has 0 heterocycles. The van der Waals surface area contributed by atoms with Gasteiger partial charge in [0.2, 0.25) is 0 Å². The molecule has 0 aliphatic carbocycles. The maximum Gasteiger partial charge on any atom is 0.410 e. The Balaban J connectivity index is 2.85. The number of rotatable bonds is 11. The summed E-state index contributed by atoms with van der Waals surface area (Å²) in [6.45, 7) is 9.63. The highest BCUT2D eigenvalue weighted by Crippen LogP contribution is 2.15. The summed E-state index contributed by atoms with van der Waals surface area (Å²) < 4.78 is 10.5. The molecule has 1 aromatic rings. The van der Waals surface area contributed by atoms with Crippen molar-refractivity contribution in [1.29, 1.82) is 0 Å². The molecule has 26 heavy (non-hydrogen) atoms. The van der Waals surface area contributed by atoms with Gasteiger partial charge in [0.25, 0.3) is 0 Å². The minimum absolute atomic E-state index is 0.278. The molecule has 0 fully saturated rings. The van der Waals surface area contributed by atoms with Crippen molar-refractivity contribution >= 4 is 12.1 Å². The first-order valence-electron chi connectivity index (χ1n) is 9.66. The first-order chi connectivity index (χ1) is 12.5. The van der Waals surface area contributed by atoms with Crippen LogP contribution in [0.3, 0.4) is 0 Å². The van der Waals surface area contributed by atoms with Crippen molar-refractivity contribution in [2.75, 3.05) is 19.8 Å². The van der Waals surface area contributed by atoms with E-state index in [1.165, 1.54) is 0 Å². The second-order valence-corrected chi connectivity index (χ2v) is 6.83. The summed E-state index contributed by atoms with van der Waals surface area (Å²) >= 11 is 0. The van der Waals surface area contributed by atoms with Gasteiger partial charge in [0.15, 0.2) is 0 Å². The van der Waals surface area contributed by atoms with Crippen LogP contribution in [0.2, 0.25) is 0 Å². The smallest absolute Gasteiger partial charge is 0.410 e. The molecule has 146 valence electrons. The lowest BCUT2D eigenvalue weighted by molar-refractivity contribution is 0.0455. The quantitative estimate of drug-likeness (QED) is 0.408. The number of benzene rings is 1. The molecule has 1 amide bonds. The van der Waals surface area contributed by atoms with Gasteiger partial charge in [-0.1, -0.05) is 58.2 Å². The van der Waals surface area contributed by atoms with E-state index >= 15 is 0 Å². The summed E-state index contributed by atoms with van der Waals surface area (Å²) in [7, 11) is 0. The Labute approximate surface area is 157 Å². The molecular formula is C21H33NO4. The van der Waals surface area contributed by atoms with Gasteiger partial charge in [-0.15, -0.1) is 0 Å². The molecule has 0 spiro atoms. The Hall–Kier alpha value is -2.04. The molecule has 0 radical (unpaired) electrons. The predicted molar refractivity (Wildman–Crippen MR) is 103 cm³/mol. The second kappa shape index (κ2) is 12.3. The Morgan fingerprint density at radius 1 is 1.04 bits per heavy atom. The Morgan fingerprint density at radius 2 is 1.77 bits per heavy atom. The Bertz CT molecular complexity index is 557. The van der Waals surface area contributed by atoms with Gasteiger partial charge < -0.3 is 14.4 Å². The lowest BCUT2D eigenvalue weighted by Gasteiger charge is -2.23. The summed E-state index contributed by atoms with van der Waals surface area (Å²) in [5.74, 6) is -0.0650. The highest BCUT2D eigenvalue weighted by molar-refractivity contribution is 5.91. The molecule has 0 saturated carbocycles. The SMILES string of the molecule is CCCCCCN(Cc1ccccc1C(=O)OCC(C)C)C(=O)OCC. The molecule has 5 heteroatoms. The average molecular weight is 363 g/mol. The Morgan fingerprint density at radius 3 is 2.42 bits per heavy atom. The fourth-order valence-corrected chi connectivity index (χ4v) is 2.56. The third-order valence-corrected chi connectivity index (χ3v) is 3.95. The number of carbonyl (C=O) groups is 2. The summed E-state index contributed by atoms with van der Waals surface area (Å²) in [5.41, 5.74) is 1.29. The summed E-state index contributed by atoms with van der Waals surface area (Å²) in [4.78, 5) is 26.4. The van der Waals surface area contributed by atoms with Gasteiger partial charge in [-0.2, -0.15) is 0 Å². The first kappa shape index (κ1) is 22.0. The topological polar surface area (TPSA) is 55.8 Å². The van der Waals surface area contributed by atoms with Crippen molar-refractivity contribution in [2.45, 2.75) is 59.9 Å². The predicted octanol–water partition coefficient (Wildman–Crippen LogP) is 5.04. The van der Waals surface area contributed by atoms with Crippen LogP contribution < -0.4 is 0 Å². The average Bonchev–Trinajstić information content (AvgIpc) is 2.62. The number of hydrogen-bond acceptors (Lipinski definition) is 4. The maximum absolute atomic E-state index is 12.4. The van der Waals surface area contributed by atoms with Crippen LogP contribution >= 0.6 is 0 Å². The van der Waals surface area contributed by atoms with Crippen LogP contribution in [-0.2, 0) is 16.0 Å². The van der Waals surface area contributed by atoms with E-state index in [0.717, 1.165) is 31.2 Å². The maximum atomic E-state index is 12.4. The van der Waals surface area contributed by atoms with Gasteiger partial charge in [-0.25, -0.2) is 9.59 Å². The number of ether oxygens (including phenoxy) is 2. The van der Waals surface area contributed by atoms with Gasteiger partial charge in [0, 0.05) is 13.1 Å². The van der Waals surface area contributed by atoms with Gasteiger partial charge >= 0.3 is 12.1 Å². The van der Waals surface area contributed by atoms with E-state index in [1.54, 1.807) is 17.9 Å². The van der Waals surface area contributed by atoms with E-state index in [2.05, 4.69) is 6.92 Å². The van der Waals surface area contributed by atoms with E-state index in [4.69, 9.17) is 9.47 Å². The van der Waals surface area contributed by atoms with Gasteiger partial charge in [0.05, 0.1) is 18.8 Å². The van der Waals surface area contributed by atoms with E-state index in [-0.39, 0.29) is 18.0 Å². The minimum atomic E-state index is -0.343. The van der Waals surface area contributed by atoms with Crippen LogP contribution in [-0.4, -0.2) is 36.7 Å². The number of carbonyl (C=O) groups excluding carboxylic acids is 2. The largest absolute Gasteiger partial charge is 0.462 e.